The zero-order chi connectivity index (χ0) is 10.8. The third kappa shape index (κ3) is 2.21. The highest BCUT2D eigenvalue weighted by Gasteiger charge is 2.19. The van der Waals surface area contributed by atoms with Gasteiger partial charge in [-0.05, 0) is 6.07 Å². The monoisotopic (exact) mass is 239 g/mol. The lowest BCUT2D eigenvalue weighted by molar-refractivity contribution is 0.790. The lowest BCUT2D eigenvalue weighted by atomic mass is 10.3. The van der Waals surface area contributed by atoms with Crippen molar-refractivity contribution in [2.24, 2.45) is 0 Å². The average molecular weight is 239 g/mol. The molecule has 2 heterocycles. The molecule has 1 aliphatic rings. The van der Waals surface area contributed by atoms with Gasteiger partial charge in [0, 0.05) is 24.1 Å². The number of nitrogens with zero attached hydrogens (tertiary/aromatic N) is 2. The number of hydrogen-bond acceptors (Lipinski definition) is 5. The van der Waals surface area contributed by atoms with E-state index in [0.29, 0.717) is 15.8 Å². The van der Waals surface area contributed by atoms with Crippen molar-refractivity contribution in [3.63, 3.8) is 0 Å². The molecule has 3 nitrogen and oxygen atoms in total. The highest BCUT2D eigenvalue weighted by atomic mass is 32.2. The third-order valence-corrected chi connectivity index (χ3v) is 4.65. The molecule has 1 atom stereocenters. The number of thioether (sulfide) groups is 1. The summed E-state index contributed by atoms with van der Waals surface area (Å²) in [5.74, 6) is 1.15. The van der Waals surface area contributed by atoms with Crippen LogP contribution in [0, 0.1) is 11.3 Å². The Hall–Kier alpha value is -0.860. The van der Waals surface area contributed by atoms with Crippen LogP contribution in [0.5, 0.6) is 0 Å². The Morgan fingerprint density at radius 3 is 3.07 bits per heavy atom. The van der Waals surface area contributed by atoms with Gasteiger partial charge in [0.05, 0.1) is 10.7 Å². The first-order valence-electron chi connectivity index (χ1n) is 4.86. The minimum atomic E-state index is 0.614. The molecule has 0 radical (unpaired) electrons. The van der Waals surface area contributed by atoms with E-state index in [1.807, 2.05) is 17.8 Å². The van der Waals surface area contributed by atoms with Gasteiger partial charge in [-0.1, -0.05) is 6.92 Å². The second-order valence-corrected chi connectivity index (χ2v) is 6.19. The van der Waals surface area contributed by atoms with Gasteiger partial charge in [0.1, 0.15) is 10.9 Å². The first-order valence-corrected chi connectivity index (χ1v) is 6.73. The Bertz CT molecular complexity index is 394. The van der Waals surface area contributed by atoms with E-state index in [2.05, 4.69) is 17.9 Å². The molecule has 1 fully saturated rings. The van der Waals surface area contributed by atoms with Crippen molar-refractivity contribution in [1.82, 2.24) is 0 Å². The van der Waals surface area contributed by atoms with Crippen LogP contribution in [0.25, 0.3) is 0 Å². The third-order valence-electron chi connectivity index (χ3n) is 2.40. The van der Waals surface area contributed by atoms with Gasteiger partial charge >= 0.3 is 0 Å². The Kier molecular flexibility index (Phi) is 3.08. The van der Waals surface area contributed by atoms with E-state index in [4.69, 9.17) is 11.0 Å². The molecule has 0 aliphatic carbocycles. The highest BCUT2D eigenvalue weighted by molar-refractivity contribution is 8.00. The molecular formula is C10H13N3S2. The topological polar surface area (TPSA) is 53.0 Å². The molecule has 2 N–H and O–H groups in total. The van der Waals surface area contributed by atoms with E-state index >= 15 is 0 Å². The lowest BCUT2D eigenvalue weighted by Gasteiger charge is -2.31. The summed E-state index contributed by atoms with van der Waals surface area (Å²) in [6, 6.07) is 4.05. The van der Waals surface area contributed by atoms with Crippen molar-refractivity contribution in [3.8, 4) is 6.07 Å². The van der Waals surface area contributed by atoms with Gasteiger partial charge in [0.15, 0.2) is 0 Å². The molecule has 2 rings (SSSR count). The molecule has 80 valence electrons. The van der Waals surface area contributed by atoms with Crippen LogP contribution >= 0.6 is 23.1 Å². The Morgan fingerprint density at radius 1 is 1.67 bits per heavy atom. The molecule has 1 aliphatic heterocycles. The van der Waals surface area contributed by atoms with Gasteiger partial charge in [-0.2, -0.15) is 17.0 Å². The van der Waals surface area contributed by atoms with Crippen LogP contribution < -0.4 is 10.6 Å². The van der Waals surface area contributed by atoms with E-state index in [-0.39, 0.29) is 0 Å². The Balaban J connectivity index is 2.18. The van der Waals surface area contributed by atoms with Crippen molar-refractivity contribution < 1.29 is 0 Å². The fourth-order valence-electron chi connectivity index (χ4n) is 1.65. The Labute approximate surface area is 97.9 Å². The van der Waals surface area contributed by atoms with Crippen LogP contribution in [0.2, 0.25) is 0 Å². The molecule has 1 saturated heterocycles. The van der Waals surface area contributed by atoms with Crippen molar-refractivity contribution >= 4 is 33.8 Å². The summed E-state index contributed by atoms with van der Waals surface area (Å²) in [7, 11) is 0. The molecule has 5 heteroatoms. The van der Waals surface area contributed by atoms with E-state index in [1.165, 1.54) is 11.3 Å². The summed E-state index contributed by atoms with van der Waals surface area (Å²) in [6.07, 6.45) is 0. The van der Waals surface area contributed by atoms with Crippen LogP contribution in [0.15, 0.2) is 6.07 Å². The van der Waals surface area contributed by atoms with Crippen molar-refractivity contribution in [3.05, 3.63) is 10.9 Å². The normalized spacial score (nSPS) is 21.3. The number of nitrogen functional groups attached to an aromatic ring is 1. The van der Waals surface area contributed by atoms with Crippen molar-refractivity contribution in [2.75, 3.05) is 29.5 Å². The van der Waals surface area contributed by atoms with Crippen LogP contribution in [-0.2, 0) is 0 Å². The SMILES string of the molecule is CC1CN(c2cc(N)c(C#N)s2)CCS1. The predicted octanol–water partition coefficient (Wildman–Crippen LogP) is 2.14. The molecule has 0 aromatic carbocycles. The average Bonchev–Trinajstić information content (AvgIpc) is 2.60. The van der Waals surface area contributed by atoms with E-state index < -0.39 is 0 Å². The molecule has 1 unspecified atom stereocenters. The number of nitriles is 1. The molecule has 0 amide bonds. The van der Waals surface area contributed by atoms with Gasteiger partial charge in [-0.15, -0.1) is 11.3 Å². The van der Waals surface area contributed by atoms with Crippen molar-refractivity contribution in [1.29, 1.82) is 5.26 Å². The number of rotatable bonds is 1. The summed E-state index contributed by atoms with van der Waals surface area (Å²) in [4.78, 5) is 2.96. The smallest absolute Gasteiger partial charge is 0.129 e. The zero-order valence-corrected chi connectivity index (χ0v) is 10.2. The van der Waals surface area contributed by atoms with Gasteiger partial charge in [0.25, 0.3) is 0 Å². The highest BCUT2D eigenvalue weighted by Crippen LogP contribution is 2.33. The minimum absolute atomic E-state index is 0.614. The standard InChI is InChI=1S/C10H13N3S2/c1-7-6-13(2-3-14-7)10-4-8(12)9(5-11)15-10/h4,7H,2-3,6,12H2,1H3. The molecule has 1 aromatic heterocycles. The Morgan fingerprint density at radius 2 is 2.47 bits per heavy atom. The van der Waals surface area contributed by atoms with Crippen LogP contribution in [-0.4, -0.2) is 24.1 Å². The quantitative estimate of drug-likeness (QED) is 0.816. The summed E-state index contributed by atoms with van der Waals surface area (Å²) in [6.45, 7) is 4.34. The fraction of sp³-hybridized carbons (Fsp3) is 0.500. The molecule has 0 saturated carbocycles. The van der Waals surface area contributed by atoms with E-state index in [9.17, 15) is 0 Å². The molecule has 0 bridgehead atoms. The maximum absolute atomic E-state index is 8.84. The predicted molar refractivity (Wildman–Crippen MR) is 67.6 cm³/mol. The second kappa shape index (κ2) is 4.33. The summed E-state index contributed by atoms with van der Waals surface area (Å²) < 4.78 is 0. The van der Waals surface area contributed by atoms with Gasteiger partial charge < -0.3 is 10.6 Å². The number of thiophene rings is 1. The maximum atomic E-state index is 8.84. The van der Waals surface area contributed by atoms with Crippen molar-refractivity contribution in [2.45, 2.75) is 12.2 Å². The largest absolute Gasteiger partial charge is 0.397 e. The van der Waals surface area contributed by atoms with Crippen LogP contribution in [0.1, 0.15) is 11.8 Å². The number of hydrogen-bond donors (Lipinski definition) is 1. The maximum Gasteiger partial charge on any atom is 0.129 e. The van der Waals surface area contributed by atoms with Crippen LogP contribution in [0.3, 0.4) is 0 Å². The first-order chi connectivity index (χ1) is 7.20. The van der Waals surface area contributed by atoms with E-state index in [0.717, 1.165) is 23.8 Å². The van der Waals surface area contributed by atoms with E-state index in [1.54, 1.807) is 0 Å². The van der Waals surface area contributed by atoms with Gasteiger partial charge in [-0.25, -0.2) is 0 Å². The molecule has 0 spiro atoms. The van der Waals surface area contributed by atoms with Crippen LogP contribution in [0.4, 0.5) is 10.7 Å². The molecule has 1 aromatic rings. The fourth-order valence-corrected chi connectivity index (χ4v) is 3.58. The lowest BCUT2D eigenvalue weighted by Crippen LogP contribution is -2.35. The summed E-state index contributed by atoms with van der Waals surface area (Å²) in [5, 5.41) is 10.6. The number of anilines is 2. The first kappa shape index (κ1) is 10.7. The number of nitrogens with two attached hydrogens (primary N) is 1. The summed E-state index contributed by atoms with van der Waals surface area (Å²) in [5.41, 5.74) is 6.36. The zero-order valence-electron chi connectivity index (χ0n) is 8.56. The van der Waals surface area contributed by atoms with Gasteiger partial charge in [0.2, 0.25) is 0 Å². The molecular weight excluding hydrogens is 226 g/mol. The second-order valence-electron chi connectivity index (χ2n) is 3.61. The van der Waals surface area contributed by atoms with Gasteiger partial charge in [-0.3, -0.25) is 0 Å². The minimum Gasteiger partial charge on any atom is -0.397 e. The summed E-state index contributed by atoms with van der Waals surface area (Å²) >= 11 is 3.50. The molecule has 15 heavy (non-hydrogen) atoms.